The van der Waals surface area contributed by atoms with Crippen molar-refractivity contribution in [1.82, 2.24) is 0 Å². The Morgan fingerprint density at radius 1 is 1.12 bits per heavy atom. The highest BCUT2D eigenvalue weighted by Crippen LogP contribution is 2.25. The minimum Gasteiger partial charge on any atom is -0.123 e. The molecule has 8 heavy (non-hydrogen) atoms. The predicted molar refractivity (Wildman–Crippen MR) is 37.4 cm³/mol. The van der Waals surface area contributed by atoms with Crippen molar-refractivity contribution >= 4 is 23.2 Å². The quantitative estimate of drug-likeness (QED) is 0.468. The molecule has 0 heterocycles. The van der Waals surface area contributed by atoms with Crippen LogP contribution < -0.4 is 0 Å². The van der Waals surface area contributed by atoms with Crippen molar-refractivity contribution in [1.29, 1.82) is 0 Å². The van der Waals surface area contributed by atoms with E-state index in [1.165, 1.54) is 0 Å². The third kappa shape index (κ3) is 1.83. The maximum Gasteiger partial charge on any atom is 0.0352 e. The van der Waals surface area contributed by atoms with E-state index in [9.17, 15) is 0 Å². The molecular formula is C6H9Cl2. The zero-order chi connectivity index (χ0) is 5.98. The van der Waals surface area contributed by atoms with E-state index in [0.29, 0.717) is 10.8 Å². The first-order chi connectivity index (χ1) is 3.79. The molecule has 1 aliphatic carbocycles. The Balaban J connectivity index is 2.23. The fourth-order valence-corrected chi connectivity index (χ4v) is 1.70. The lowest BCUT2D eigenvalue weighted by molar-refractivity contribution is 0.608. The summed E-state index contributed by atoms with van der Waals surface area (Å²) >= 11 is 11.6. The van der Waals surface area contributed by atoms with Crippen LogP contribution in [0.2, 0.25) is 0 Å². The van der Waals surface area contributed by atoms with E-state index in [1.807, 2.05) is 0 Å². The van der Waals surface area contributed by atoms with Gasteiger partial charge in [0.2, 0.25) is 0 Å². The number of rotatable bonds is 0. The van der Waals surface area contributed by atoms with Crippen LogP contribution in [-0.4, -0.2) is 10.8 Å². The molecule has 0 aromatic rings. The molecule has 47 valence electrons. The van der Waals surface area contributed by atoms with Gasteiger partial charge in [0.1, 0.15) is 0 Å². The van der Waals surface area contributed by atoms with Crippen LogP contribution in [0.1, 0.15) is 19.3 Å². The molecule has 0 amide bonds. The minimum absolute atomic E-state index is 0.297. The summed E-state index contributed by atoms with van der Waals surface area (Å²) < 4.78 is 0. The molecule has 1 aliphatic rings. The normalized spacial score (nSPS) is 39.8. The third-order valence-corrected chi connectivity index (χ3v) is 2.07. The summed E-state index contributed by atoms with van der Waals surface area (Å²) in [6, 6.07) is 0. The van der Waals surface area contributed by atoms with Crippen molar-refractivity contribution in [2.45, 2.75) is 30.0 Å². The van der Waals surface area contributed by atoms with Gasteiger partial charge >= 0.3 is 0 Å². The van der Waals surface area contributed by atoms with Gasteiger partial charge in [0.05, 0.1) is 0 Å². The van der Waals surface area contributed by atoms with Crippen molar-refractivity contribution in [2.75, 3.05) is 0 Å². The highest BCUT2D eigenvalue weighted by Gasteiger charge is 2.17. The van der Waals surface area contributed by atoms with E-state index < -0.39 is 0 Å². The molecule has 0 saturated heterocycles. The van der Waals surface area contributed by atoms with Crippen molar-refractivity contribution < 1.29 is 0 Å². The van der Waals surface area contributed by atoms with Crippen LogP contribution in [0.25, 0.3) is 0 Å². The molecule has 0 aromatic carbocycles. The van der Waals surface area contributed by atoms with Crippen LogP contribution in [0, 0.1) is 6.42 Å². The molecule has 0 bridgehead atoms. The average Bonchev–Trinajstić information content (AvgIpc) is 1.64. The molecule has 0 aromatic heterocycles. The SMILES string of the molecule is ClC1C[CH]CC(Cl)C1. The monoisotopic (exact) mass is 151 g/mol. The number of hydrogen-bond acceptors (Lipinski definition) is 0. The van der Waals surface area contributed by atoms with E-state index in [2.05, 4.69) is 6.42 Å². The van der Waals surface area contributed by atoms with Crippen molar-refractivity contribution in [3.8, 4) is 0 Å². The van der Waals surface area contributed by atoms with Gasteiger partial charge in [0.25, 0.3) is 0 Å². The lowest BCUT2D eigenvalue weighted by Gasteiger charge is -2.19. The number of halogens is 2. The maximum atomic E-state index is 5.80. The van der Waals surface area contributed by atoms with Crippen LogP contribution >= 0.6 is 23.2 Å². The summed E-state index contributed by atoms with van der Waals surface area (Å²) in [6.45, 7) is 0. The van der Waals surface area contributed by atoms with Gasteiger partial charge in [-0.1, -0.05) is 0 Å². The smallest absolute Gasteiger partial charge is 0.0352 e. The lowest BCUT2D eigenvalue weighted by atomic mass is 10.00. The van der Waals surface area contributed by atoms with Gasteiger partial charge in [-0.05, 0) is 25.7 Å². The molecule has 0 nitrogen and oxygen atoms in total. The van der Waals surface area contributed by atoms with Gasteiger partial charge in [-0.3, -0.25) is 0 Å². The van der Waals surface area contributed by atoms with E-state index in [-0.39, 0.29) is 0 Å². The molecule has 2 unspecified atom stereocenters. The maximum absolute atomic E-state index is 5.80. The van der Waals surface area contributed by atoms with Gasteiger partial charge in [-0.2, -0.15) is 0 Å². The molecule has 1 rings (SSSR count). The van der Waals surface area contributed by atoms with Gasteiger partial charge < -0.3 is 0 Å². The van der Waals surface area contributed by atoms with Crippen LogP contribution in [0.15, 0.2) is 0 Å². The second kappa shape index (κ2) is 2.93. The molecule has 0 aliphatic heterocycles. The summed E-state index contributed by atoms with van der Waals surface area (Å²) in [5.74, 6) is 0. The van der Waals surface area contributed by atoms with Gasteiger partial charge in [0, 0.05) is 10.8 Å². The second-order valence-corrected chi connectivity index (χ2v) is 3.42. The zero-order valence-corrected chi connectivity index (χ0v) is 6.12. The summed E-state index contributed by atoms with van der Waals surface area (Å²) in [5, 5.41) is 0.595. The fourth-order valence-electron chi connectivity index (χ4n) is 0.928. The number of hydrogen-bond donors (Lipinski definition) is 0. The molecule has 0 N–H and O–H groups in total. The van der Waals surface area contributed by atoms with Crippen LogP contribution in [0.4, 0.5) is 0 Å². The highest BCUT2D eigenvalue weighted by atomic mass is 35.5. The number of alkyl halides is 2. The fraction of sp³-hybridized carbons (Fsp3) is 0.833. The molecule has 2 heteroatoms. The molecule has 1 radical (unpaired) electrons. The van der Waals surface area contributed by atoms with E-state index in [4.69, 9.17) is 23.2 Å². The summed E-state index contributed by atoms with van der Waals surface area (Å²) in [4.78, 5) is 0. The van der Waals surface area contributed by atoms with Crippen molar-refractivity contribution in [3.05, 3.63) is 6.42 Å². The Kier molecular flexibility index (Phi) is 2.45. The zero-order valence-electron chi connectivity index (χ0n) is 4.61. The van der Waals surface area contributed by atoms with Crippen LogP contribution in [0.5, 0.6) is 0 Å². The third-order valence-electron chi connectivity index (χ3n) is 1.36. The first kappa shape index (κ1) is 6.70. The Morgan fingerprint density at radius 3 is 1.88 bits per heavy atom. The van der Waals surface area contributed by atoms with Crippen LogP contribution in [0.3, 0.4) is 0 Å². The van der Waals surface area contributed by atoms with E-state index >= 15 is 0 Å². The minimum atomic E-state index is 0.297. The molecule has 0 spiro atoms. The van der Waals surface area contributed by atoms with Gasteiger partial charge in [-0.15, -0.1) is 23.2 Å². The van der Waals surface area contributed by atoms with E-state index in [0.717, 1.165) is 19.3 Å². The molecule has 2 atom stereocenters. The van der Waals surface area contributed by atoms with Gasteiger partial charge in [-0.25, -0.2) is 0 Å². The molecular weight excluding hydrogens is 143 g/mol. The Morgan fingerprint density at radius 2 is 1.62 bits per heavy atom. The first-order valence-electron chi connectivity index (χ1n) is 2.89. The Bertz CT molecular complexity index is 64.9. The summed E-state index contributed by atoms with van der Waals surface area (Å²) in [6.07, 6.45) is 5.20. The molecule has 1 saturated carbocycles. The predicted octanol–water partition coefficient (Wildman–Crippen LogP) is 2.59. The molecule has 1 fully saturated rings. The second-order valence-electron chi connectivity index (χ2n) is 2.19. The Hall–Kier alpha value is 0.580. The first-order valence-corrected chi connectivity index (χ1v) is 3.76. The largest absolute Gasteiger partial charge is 0.123 e. The standard InChI is InChI=1S/C6H9Cl2/c7-5-2-1-3-6(8)4-5/h1,5-6H,2-4H2. The van der Waals surface area contributed by atoms with Crippen molar-refractivity contribution in [3.63, 3.8) is 0 Å². The van der Waals surface area contributed by atoms with Crippen molar-refractivity contribution in [2.24, 2.45) is 0 Å². The van der Waals surface area contributed by atoms with E-state index in [1.54, 1.807) is 0 Å². The van der Waals surface area contributed by atoms with Gasteiger partial charge in [0.15, 0.2) is 0 Å². The summed E-state index contributed by atoms with van der Waals surface area (Å²) in [7, 11) is 0. The topological polar surface area (TPSA) is 0 Å². The van der Waals surface area contributed by atoms with Crippen LogP contribution in [-0.2, 0) is 0 Å². The highest BCUT2D eigenvalue weighted by molar-refractivity contribution is 6.23. The Labute approximate surface area is 60.2 Å². The lowest BCUT2D eigenvalue weighted by Crippen LogP contribution is -2.15. The average molecular weight is 152 g/mol. The summed E-state index contributed by atoms with van der Waals surface area (Å²) in [5.41, 5.74) is 0.